The molecule has 0 aliphatic carbocycles. The number of carbonyl (C=O) groups excluding carboxylic acids is 1. The highest BCUT2D eigenvalue weighted by atomic mass is 32.1. The van der Waals surface area contributed by atoms with E-state index in [1.807, 2.05) is 73.3 Å². The third kappa shape index (κ3) is 3.19. The van der Waals surface area contributed by atoms with Crippen LogP contribution in [0.1, 0.15) is 15.2 Å². The fourth-order valence-electron chi connectivity index (χ4n) is 3.15. The van der Waals surface area contributed by atoms with Crippen molar-refractivity contribution in [2.75, 3.05) is 12.4 Å². The summed E-state index contributed by atoms with van der Waals surface area (Å²) in [5.41, 5.74) is 3.54. The Labute approximate surface area is 161 Å². The third-order valence-electron chi connectivity index (χ3n) is 4.52. The molecule has 1 N–H and O–H groups in total. The molecule has 27 heavy (non-hydrogen) atoms. The minimum atomic E-state index is -0.151. The Morgan fingerprint density at radius 2 is 1.89 bits per heavy atom. The van der Waals surface area contributed by atoms with Crippen molar-refractivity contribution in [2.24, 2.45) is 7.05 Å². The lowest BCUT2D eigenvalue weighted by Gasteiger charge is -2.02. The molecule has 0 unspecified atom stereocenters. The van der Waals surface area contributed by atoms with Gasteiger partial charge >= 0.3 is 0 Å². The van der Waals surface area contributed by atoms with Crippen molar-refractivity contribution in [1.82, 2.24) is 9.55 Å². The van der Waals surface area contributed by atoms with E-state index in [1.165, 1.54) is 11.3 Å². The zero-order valence-corrected chi connectivity index (χ0v) is 16.1. The van der Waals surface area contributed by atoms with Gasteiger partial charge in [0.2, 0.25) is 0 Å². The lowest BCUT2D eigenvalue weighted by Crippen LogP contribution is -2.11. The van der Waals surface area contributed by atoms with Crippen molar-refractivity contribution < 1.29 is 9.53 Å². The van der Waals surface area contributed by atoms with Gasteiger partial charge in [-0.25, -0.2) is 4.98 Å². The normalized spacial score (nSPS) is 10.9. The lowest BCUT2D eigenvalue weighted by atomic mass is 10.1. The van der Waals surface area contributed by atoms with Crippen LogP contribution >= 0.6 is 11.3 Å². The van der Waals surface area contributed by atoms with Crippen LogP contribution in [-0.4, -0.2) is 22.6 Å². The highest BCUT2D eigenvalue weighted by Gasteiger charge is 2.17. The first-order chi connectivity index (χ1) is 13.1. The minimum Gasteiger partial charge on any atom is -0.497 e. The van der Waals surface area contributed by atoms with Gasteiger partial charge in [-0.1, -0.05) is 18.2 Å². The number of fused-ring (bicyclic) bond motifs is 1. The van der Waals surface area contributed by atoms with Crippen LogP contribution in [0.15, 0.2) is 54.7 Å². The number of anilines is 1. The molecule has 0 bridgehead atoms. The number of rotatable bonds is 4. The summed E-state index contributed by atoms with van der Waals surface area (Å²) in [5.74, 6) is 0.651. The van der Waals surface area contributed by atoms with E-state index >= 15 is 0 Å². The molecule has 0 aliphatic heterocycles. The van der Waals surface area contributed by atoms with E-state index in [1.54, 1.807) is 7.11 Å². The number of nitrogens with zero attached hydrogens (tertiary/aromatic N) is 2. The largest absolute Gasteiger partial charge is 0.497 e. The maximum absolute atomic E-state index is 12.8. The Morgan fingerprint density at radius 1 is 1.15 bits per heavy atom. The highest BCUT2D eigenvalue weighted by Crippen LogP contribution is 2.32. The van der Waals surface area contributed by atoms with Crippen LogP contribution in [0.25, 0.3) is 22.2 Å². The van der Waals surface area contributed by atoms with Crippen molar-refractivity contribution in [3.8, 4) is 17.0 Å². The quantitative estimate of drug-likeness (QED) is 0.552. The molecule has 2 aromatic carbocycles. The molecule has 4 rings (SSSR count). The maximum atomic E-state index is 12.8. The second-order valence-corrected chi connectivity index (χ2v) is 7.48. The van der Waals surface area contributed by atoms with Gasteiger partial charge in [0, 0.05) is 34.6 Å². The van der Waals surface area contributed by atoms with E-state index < -0.39 is 0 Å². The van der Waals surface area contributed by atoms with Gasteiger partial charge < -0.3 is 9.30 Å². The van der Waals surface area contributed by atoms with Crippen molar-refractivity contribution in [2.45, 2.75) is 6.92 Å². The summed E-state index contributed by atoms with van der Waals surface area (Å²) < 4.78 is 7.16. The first-order valence-electron chi connectivity index (χ1n) is 8.54. The van der Waals surface area contributed by atoms with Crippen molar-refractivity contribution >= 4 is 33.3 Å². The number of thiazole rings is 1. The zero-order chi connectivity index (χ0) is 19.0. The lowest BCUT2D eigenvalue weighted by molar-refractivity contribution is 0.102. The molecular formula is C21H19N3O2S. The average Bonchev–Trinajstić information content (AvgIpc) is 3.22. The summed E-state index contributed by atoms with van der Waals surface area (Å²) in [4.78, 5) is 18.5. The Morgan fingerprint density at radius 3 is 2.63 bits per heavy atom. The van der Waals surface area contributed by atoms with Crippen LogP contribution < -0.4 is 10.1 Å². The van der Waals surface area contributed by atoms with Gasteiger partial charge in [0.05, 0.1) is 18.4 Å². The number of benzene rings is 2. The standard InChI is InChI=1S/C21H19N3O2S/c1-13-19(14-8-10-15(26-3)11-9-14)22-21(27-13)23-20(25)17-12-24(2)18-7-5-4-6-16(17)18/h4-12H,1-3H3,(H,22,23,25). The smallest absolute Gasteiger partial charge is 0.259 e. The molecule has 0 atom stereocenters. The fraction of sp³-hybridized carbons (Fsp3) is 0.143. The number of ether oxygens (including phenoxy) is 1. The monoisotopic (exact) mass is 377 g/mol. The third-order valence-corrected chi connectivity index (χ3v) is 5.41. The molecule has 0 spiro atoms. The number of para-hydroxylation sites is 1. The van der Waals surface area contributed by atoms with Crippen molar-refractivity contribution in [3.63, 3.8) is 0 Å². The number of hydrogen-bond donors (Lipinski definition) is 1. The first-order valence-corrected chi connectivity index (χ1v) is 9.35. The molecule has 0 aliphatic rings. The Hall–Kier alpha value is -3.12. The molecule has 0 saturated carbocycles. The van der Waals surface area contributed by atoms with Crippen LogP contribution in [-0.2, 0) is 7.05 Å². The molecule has 4 aromatic rings. The van der Waals surface area contributed by atoms with E-state index in [-0.39, 0.29) is 5.91 Å². The van der Waals surface area contributed by atoms with Gasteiger partial charge in [0.1, 0.15) is 5.75 Å². The molecule has 2 aromatic heterocycles. The Kier molecular flexibility index (Phi) is 4.41. The summed E-state index contributed by atoms with van der Waals surface area (Å²) in [5, 5.41) is 4.47. The molecule has 1 amide bonds. The van der Waals surface area contributed by atoms with Crippen LogP contribution in [0, 0.1) is 6.92 Å². The van der Waals surface area contributed by atoms with Gasteiger partial charge in [-0.2, -0.15) is 0 Å². The topological polar surface area (TPSA) is 56.1 Å². The van der Waals surface area contributed by atoms with Crippen molar-refractivity contribution in [3.05, 3.63) is 65.2 Å². The van der Waals surface area contributed by atoms with E-state index in [0.717, 1.165) is 32.8 Å². The number of aromatic nitrogens is 2. The van der Waals surface area contributed by atoms with E-state index in [4.69, 9.17) is 4.74 Å². The summed E-state index contributed by atoms with van der Waals surface area (Å²) in [7, 11) is 3.58. The zero-order valence-electron chi connectivity index (χ0n) is 15.3. The molecule has 5 nitrogen and oxygen atoms in total. The van der Waals surface area contributed by atoms with Crippen LogP contribution in [0.5, 0.6) is 5.75 Å². The molecule has 136 valence electrons. The average molecular weight is 377 g/mol. The fourth-order valence-corrected chi connectivity index (χ4v) is 3.98. The Balaban J connectivity index is 1.62. The summed E-state index contributed by atoms with van der Waals surface area (Å²) >= 11 is 1.47. The SMILES string of the molecule is COc1ccc(-c2nc(NC(=O)c3cn(C)c4ccccc34)sc2C)cc1. The minimum absolute atomic E-state index is 0.151. The molecule has 2 heterocycles. The van der Waals surface area contributed by atoms with Crippen LogP contribution in [0.3, 0.4) is 0 Å². The predicted molar refractivity (Wildman–Crippen MR) is 110 cm³/mol. The summed E-state index contributed by atoms with van der Waals surface area (Å²) in [6.45, 7) is 2.00. The molecular weight excluding hydrogens is 358 g/mol. The molecule has 0 saturated heterocycles. The molecule has 6 heteroatoms. The predicted octanol–water partition coefficient (Wildman–Crippen LogP) is 4.87. The number of nitrogens with one attached hydrogen (secondary N) is 1. The second-order valence-electron chi connectivity index (χ2n) is 6.28. The summed E-state index contributed by atoms with van der Waals surface area (Å²) in [6, 6.07) is 15.6. The molecule has 0 fully saturated rings. The van der Waals surface area contributed by atoms with Crippen LogP contribution in [0.2, 0.25) is 0 Å². The van der Waals surface area contributed by atoms with E-state index in [0.29, 0.717) is 10.7 Å². The van der Waals surface area contributed by atoms with Gasteiger partial charge in [-0.3, -0.25) is 10.1 Å². The first kappa shape index (κ1) is 17.3. The van der Waals surface area contributed by atoms with E-state index in [2.05, 4.69) is 10.3 Å². The van der Waals surface area contributed by atoms with Gasteiger partial charge in [-0.15, -0.1) is 11.3 Å². The molecule has 0 radical (unpaired) electrons. The van der Waals surface area contributed by atoms with Crippen molar-refractivity contribution in [1.29, 1.82) is 0 Å². The number of amides is 1. The van der Waals surface area contributed by atoms with Gasteiger partial charge in [0.25, 0.3) is 5.91 Å². The summed E-state index contributed by atoms with van der Waals surface area (Å²) in [6.07, 6.45) is 1.85. The van der Waals surface area contributed by atoms with Gasteiger partial charge in [-0.05, 0) is 37.3 Å². The Bertz CT molecular complexity index is 1130. The highest BCUT2D eigenvalue weighted by molar-refractivity contribution is 7.16. The number of hydrogen-bond acceptors (Lipinski definition) is 4. The number of methoxy groups -OCH3 is 1. The van der Waals surface area contributed by atoms with E-state index in [9.17, 15) is 4.79 Å². The number of aryl methyl sites for hydroxylation is 2. The number of carbonyl (C=O) groups is 1. The van der Waals surface area contributed by atoms with Gasteiger partial charge in [0.15, 0.2) is 5.13 Å². The maximum Gasteiger partial charge on any atom is 0.259 e. The second kappa shape index (κ2) is 6.89. The van der Waals surface area contributed by atoms with Crippen LogP contribution in [0.4, 0.5) is 5.13 Å².